The molecule has 0 bridgehead atoms. The zero-order valence-corrected chi connectivity index (χ0v) is 14.5. The van der Waals surface area contributed by atoms with E-state index in [1.165, 1.54) is 0 Å². The van der Waals surface area contributed by atoms with Crippen LogP contribution in [0, 0.1) is 3.57 Å². The van der Waals surface area contributed by atoms with Gasteiger partial charge in [0.1, 0.15) is 0 Å². The summed E-state index contributed by atoms with van der Waals surface area (Å²) in [7, 11) is 0. The summed E-state index contributed by atoms with van der Waals surface area (Å²) in [6.45, 7) is 0.705. The van der Waals surface area contributed by atoms with Gasteiger partial charge in [-0.3, -0.25) is 9.59 Å². The van der Waals surface area contributed by atoms with Crippen LogP contribution in [0.5, 0.6) is 0 Å². The fraction of sp³-hybridized carbons (Fsp3) is 0.125. The first-order chi connectivity index (χ1) is 10.6. The molecule has 2 N–H and O–H groups in total. The van der Waals surface area contributed by atoms with Crippen molar-refractivity contribution in [3.63, 3.8) is 0 Å². The summed E-state index contributed by atoms with van der Waals surface area (Å²) in [5.41, 5.74) is 1.13. The number of benzene rings is 2. The van der Waals surface area contributed by atoms with Gasteiger partial charge in [0.25, 0.3) is 11.8 Å². The first-order valence-corrected chi connectivity index (χ1v) is 8.10. The quantitative estimate of drug-likeness (QED) is 0.568. The monoisotopic (exact) mass is 428 g/mol. The number of nitrogens with one attached hydrogen (secondary N) is 2. The number of rotatable bonds is 5. The van der Waals surface area contributed by atoms with Crippen LogP contribution in [0.1, 0.15) is 20.7 Å². The van der Waals surface area contributed by atoms with Gasteiger partial charge < -0.3 is 10.6 Å². The molecule has 4 nitrogen and oxygen atoms in total. The van der Waals surface area contributed by atoms with E-state index in [1.807, 2.05) is 18.2 Å². The van der Waals surface area contributed by atoms with Crippen molar-refractivity contribution in [1.29, 1.82) is 0 Å². The van der Waals surface area contributed by atoms with Crippen molar-refractivity contribution in [2.45, 2.75) is 0 Å². The van der Waals surface area contributed by atoms with Gasteiger partial charge in [0.15, 0.2) is 0 Å². The Kier molecular flexibility index (Phi) is 6.21. The topological polar surface area (TPSA) is 58.2 Å². The Balaban J connectivity index is 1.79. The third-order valence-corrected chi connectivity index (χ3v) is 4.08. The van der Waals surface area contributed by atoms with E-state index >= 15 is 0 Å². The van der Waals surface area contributed by atoms with Gasteiger partial charge in [0, 0.05) is 27.2 Å². The molecule has 0 atom stereocenters. The van der Waals surface area contributed by atoms with Crippen LogP contribution in [-0.4, -0.2) is 24.9 Å². The number of hydrogen-bond donors (Lipinski definition) is 2. The van der Waals surface area contributed by atoms with Crippen LogP contribution >= 0.6 is 34.2 Å². The lowest BCUT2D eigenvalue weighted by molar-refractivity contribution is 0.0927. The minimum Gasteiger partial charge on any atom is -0.350 e. The van der Waals surface area contributed by atoms with Crippen LogP contribution in [-0.2, 0) is 0 Å². The van der Waals surface area contributed by atoms with Crippen LogP contribution in [0.25, 0.3) is 0 Å². The molecule has 0 aliphatic heterocycles. The highest BCUT2D eigenvalue weighted by atomic mass is 127. The van der Waals surface area contributed by atoms with E-state index in [-0.39, 0.29) is 11.8 Å². The largest absolute Gasteiger partial charge is 0.350 e. The second kappa shape index (κ2) is 8.14. The van der Waals surface area contributed by atoms with Crippen LogP contribution < -0.4 is 10.6 Å². The molecule has 22 heavy (non-hydrogen) atoms. The third-order valence-electron chi connectivity index (χ3n) is 2.90. The predicted octanol–water partition coefficient (Wildman–Crippen LogP) is 3.10. The second-order valence-electron chi connectivity index (χ2n) is 4.50. The van der Waals surface area contributed by atoms with Crippen molar-refractivity contribution >= 4 is 46.0 Å². The van der Waals surface area contributed by atoms with Crippen LogP contribution in [0.4, 0.5) is 0 Å². The Morgan fingerprint density at radius 3 is 2.32 bits per heavy atom. The number of hydrogen-bond acceptors (Lipinski definition) is 2. The number of halogens is 2. The van der Waals surface area contributed by atoms with Crippen molar-refractivity contribution < 1.29 is 9.59 Å². The average Bonchev–Trinajstić information content (AvgIpc) is 2.51. The average molecular weight is 429 g/mol. The standard InChI is InChI=1S/C16H14ClIN2O2/c17-12-5-3-4-11(10-12)15(21)19-8-9-20-16(22)13-6-1-2-7-14(13)18/h1-7,10H,8-9H2,(H,19,21)(H,20,22). The van der Waals surface area contributed by atoms with E-state index in [1.54, 1.807) is 30.3 Å². The molecule has 114 valence electrons. The summed E-state index contributed by atoms with van der Waals surface area (Å²) < 4.78 is 0.889. The third kappa shape index (κ3) is 4.71. The summed E-state index contributed by atoms with van der Waals surface area (Å²) in [6, 6.07) is 14.0. The second-order valence-corrected chi connectivity index (χ2v) is 6.10. The maximum Gasteiger partial charge on any atom is 0.252 e. The zero-order chi connectivity index (χ0) is 15.9. The minimum absolute atomic E-state index is 0.151. The molecule has 2 aromatic rings. The molecule has 0 spiro atoms. The molecule has 2 amide bonds. The van der Waals surface area contributed by atoms with Gasteiger partial charge >= 0.3 is 0 Å². The van der Waals surface area contributed by atoms with Crippen LogP contribution in [0.15, 0.2) is 48.5 Å². The molecule has 6 heteroatoms. The van der Waals surface area contributed by atoms with Crippen LogP contribution in [0.3, 0.4) is 0 Å². The van der Waals surface area contributed by atoms with Gasteiger partial charge in [-0.05, 0) is 52.9 Å². The summed E-state index contributed by atoms with van der Waals surface area (Å²) >= 11 is 7.95. The van der Waals surface area contributed by atoms with Crippen molar-refractivity contribution in [3.05, 3.63) is 68.3 Å². The first kappa shape index (κ1) is 16.8. The highest BCUT2D eigenvalue weighted by molar-refractivity contribution is 14.1. The van der Waals surface area contributed by atoms with Crippen molar-refractivity contribution in [2.24, 2.45) is 0 Å². The molecule has 0 heterocycles. The maximum atomic E-state index is 12.0. The van der Waals surface area contributed by atoms with Gasteiger partial charge in [-0.15, -0.1) is 0 Å². The van der Waals surface area contributed by atoms with E-state index in [4.69, 9.17) is 11.6 Å². The Labute approximate surface area is 147 Å². The molecule has 2 aromatic carbocycles. The molecular formula is C16H14ClIN2O2. The van der Waals surface area contributed by atoms with Crippen molar-refractivity contribution in [1.82, 2.24) is 10.6 Å². The molecule has 0 aliphatic rings. The Hall–Kier alpha value is -1.60. The summed E-state index contributed by atoms with van der Waals surface area (Å²) in [6.07, 6.45) is 0. The van der Waals surface area contributed by atoms with Gasteiger partial charge in [0.2, 0.25) is 0 Å². The molecular weight excluding hydrogens is 415 g/mol. The minimum atomic E-state index is -0.217. The lowest BCUT2D eigenvalue weighted by Gasteiger charge is -2.08. The van der Waals surface area contributed by atoms with E-state index < -0.39 is 0 Å². The Morgan fingerprint density at radius 1 is 0.955 bits per heavy atom. The molecule has 0 fully saturated rings. The SMILES string of the molecule is O=C(NCCNC(=O)c1ccccc1I)c1cccc(Cl)c1. The van der Waals surface area contributed by atoms with E-state index in [9.17, 15) is 9.59 Å². The molecule has 2 rings (SSSR count). The van der Waals surface area contributed by atoms with Gasteiger partial charge in [-0.2, -0.15) is 0 Å². The number of carbonyl (C=O) groups is 2. The molecule has 0 saturated carbocycles. The van der Waals surface area contributed by atoms with E-state index in [0.717, 1.165) is 3.57 Å². The Morgan fingerprint density at radius 2 is 1.64 bits per heavy atom. The van der Waals surface area contributed by atoms with E-state index in [0.29, 0.717) is 29.2 Å². The van der Waals surface area contributed by atoms with Gasteiger partial charge in [-0.1, -0.05) is 29.8 Å². The smallest absolute Gasteiger partial charge is 0.252 e. The fourth-order valence-corrected chi connectivity index (χ4v) is 2.65. The molecule has 0 radical (unpaired) electrons. The summed E-state index contributed by atoms with van der Waals surface area (Å²) in [5, 5.41) is 6.02. The highest BCUT2D eigenvalue weighted by Crippen LogP contribution is 2.11. The fourth-order valence-electron chi connectivity index (χ4n) is 1.82. The molecule has 0 aliphatic carbocycles. The molecule has 0 aromatic heterocycles. The van der Waals surface area contributed by atoms with Gasteiger partial charge in [-0.25, -0.2) is 0 Å². The van der Waals surface area contributed by atoms with Crippen molar-refractivity contribution in [3.8, 4) is 0 Å². The normalized spacial score (nSPS) is 10.1. The zero-order valence-electron chi connectivity index (χ0n) is 11.6. The first-order valence-electron chi connectivity index (χ1n) is 6.64. The number of amides is 2. The van der Waals surface area contributed by atoms with Crippen molar-refractivity contribution in [2.75, 3.05) is 13.1 Å². The number of carbonyl (C=O) groups excluding carboxylic acids is 2. The van der Waals surface area contributed by atoms with Gasteiger partial charge in [0.05, 0.1) is 5.56 Å². The summed E-state index contributed by atoms with van der Waals surface area (Å²) in [5.74, 6) is -0.368. The van der Waals surface area contributed by atoms with E-state index in [2.05, 4.69) is 33.2 Å². The van der Waals surface area contributed by atoms with Crippen LogP contribution in [0.2, 0.25) is 5.02 Å². The lowest BCUT2D eigenvalue weighted by Crippen LogP contribution is -2.34. The molecule has 0 unspecified atom stereocenters. The predicted molar refractivity (Wildman–Crippen MR) is 95.3 cm³/mol. The highest BCUT2D eigenvalue weighted by Gasteiger charge is 2.09. The maximum absolute atomic E-state index is 12.0. The Bertz CT molecular complexity index is 691. The molecule has 0 saturated heterocycles. The summed E-state index contributed by atoms with van der Waals surface area (Å²) in [4.78, 5) is 23.9. The lowest BCUT2D eigenvalue weighted by atomic mass is 10.2.